The van der Waals surface area contributed by atoms with Gasteiger partial charge in [0.2, 0.25) is 0 Å². The number of aromatic carboxylic acids is 1. The van der Waals surface area contributed by atoms with Gasteiger partial charge in [-0.25, -0.2) is 9.78 Å². The molecule has 0 radical (unpaired) electrons. The number of carboxylic acid groups (broad SMARTS) is 1. The largest absolute Gasteiger partial charge is 0.478 e. The molecule has 21 heavy (non-hydrogen) atoms. The molecule has 5 nitrogen and oxygen atoms in total. The minimum atomic E-state index is -1.08. The van der Waals surface area contributed by atoms with Gasteiger partial charge < -0.3 is 10.4 Å². The predicted octanol–water partition coefficient (Wildman–Crippen LogP) is 2.32. The van der Waals surface area contributed by atoms with Crippen molar-refractivity contribution in [1.82, 2.24) is 4.98 Å². The number of carbonyl (C=O) groups excluding carboxylic acids is 1. The Bertz CT molecular complexity index is 760. The lowest BCUT2D eigenvalue weighted by Crippen LogP contribution is -2.15. The molecule has 0 atom stereocenters. The van der Waals surface area contributed by atoms with Gasteiger partial charge in [-0.15, -0.1) is 6.42 Å². The average molecular weight is 280 g/mol. The van der Waals surface area contributed by atoms with E-state index in [4.69, 9.17) is 11.5 Å². The van der Waals surface area contributed by atoms with Gasteiger partial charge in [-0.1, -0.05) is 12.0 Å². The monoisotopic (exact) mass is 280 g/mol. The van der Waals surface area contributed by atoms with Gasteiger partial charge in [0.25, 0.3) is 5.91 Å². The summed E-state index contributed by atoms with van der Waals surface area (Å²) in [6.45, 7) is 1.54. The molecule has 104 valence electrons. The quantitative estimate of drug-likeness (QED) is 0.846. The summed E-state index contributed by atoms with van der Waals surface area (Å²) in [6.07, 6.45) is 5.29. The smallest absolute Gasteiger partial charge is 0.337 e. The summed E-state index contributed by atoms with van der Waals surface area (Å²) < 4.78 is 0. The van der Waals surface area contributed by atoms with Gasteiger partial charge >= 0.3 is 5.97 Å². The van der Waals surface area contributed by atoms with Crippen molar-refractivity contribution >= 4 is 17.6 Å². The number of anilines is 1. The second-order valence-electron chi connectivity index (χ2n) is 4.31. The summed E-state index contributed by atoms with van der Waals surface area (Å²) in [7, 11) is 0. The number of benzene rings is 1. The number of hydrogen-bond acceptors (Lipinski definition) is 3. The molecule has 0 fully saturated rings. The van der Waals surface area contributed by atoms with Crippen molar-refractivity contribution in [2.75, 3.05) is 5.32 Å². The number of carboxylic acids is 1. The van der Waals surface area contributed by atoms with Crippen LogP contribution in [-0.2, 0) is 0 Å². The van der Waals surface area contributed by atoms with Crippen LogP contribution in [0.4, 0.5) is 5.69 Å². The summed E-state index contributed by atoms with van der Waals surface area (Å²) in [5.41, 5.74) is 1.70. The first kappa shape index (κ1) is 14.3. The number of hydrogen-bond donors (Lipinski definition) is 2. The highest BCUT2D eigenvalue weighted by Crippen LogP contribution is 2.12. The maximum atomic E-state index is 12.1. The minimum Gasteiger partial charge on any atom is -0.478 e. The van der Waals surface area contributed by atoms with Crippen molar-refractivity contribution in [3.63, 3.8) is 0 Å². The number of nitrogens with zero attached hydrogens (tertiary/aromatic N) is 1. The molecule has 0 saturated carbocycles. The van der Waals surface area contributed by atoms with Crippen LogP contribution >= 0.6 is 0 Å². The fraction of sp³-hybridized carbons (Fsp3) is 0.0625. The Labute approximate surface area is 121 Å². The van der Waals surface area contributed by atoms with Crippen molar-refractivity contribution < 1.29 is 14.7 Å². The lowest BCUT2D eigenvalue weighted by molar-refractivity contribution is 0.0695. The first-order valence-electron chi connectivity index (χ1n) is 6.10. The Balaban J connectivity index is 2.22. The van der Waals surface area contributed by atoms with Gasteiger partial charge in [0.05, 0.1) is 11.3 Å². The van der Waals surface area contributed by atoms with Crippen LogP contribution < -0.4 is 5.32 Å². The van der Waals surface area contributed by atoms with Crippen LogP contribution in [0.1, 0.15) is 32.1 Å². The molecule has 2 rings (SSSR count). The molecule has 0 spiro atoms. The molecule has 5 heteroatoms. The number of rotatable bonds is 3. The van der Waals surface area contributed by atoms with E-state index in [1.807, 2.05) is 0 Å². The first-order chi connectivity index (χ1) is 10.0. The molecule has 0 unspecified atom stereocenters. The summed E-state index contributed by atoms with van der Waals surface area (Å²) in [6, 6.07) is 9.58. The number of terminal acetylenes is 1. The topological polar surface area (TPSA) is 79.3 Å². The van der Waals surface area contributed by atoms with E-state index in [0.29, 0.717) is 11.3 Å². The van der Waals surface area contributed by atoms with Crippen molar-refractivity contribution in [2.45, 2.75) is 6.92 Å². The molecule has 0 aliphatic rings. The second-order valence-corrected chi connectivity index (χ2v) is 4.31. The van der Waals surface area contributed by atoms with Gasteiger partial charge in [0.1, 0.15) is 5.69 Å². The highest BCUT2D eigenvalue weighted by molar-refractivity contribution is 6.03. The Morgan fingerprint density at radius 2 is 2.05 bits per heavy atom. The Kier molecular flexibility index (Phi) is 4.00. The molecule has 2 N–H and O–H groups in total. The molecule has 0 aliphatic heterocycles. The van der Waals surface area contributed by atoms with Crippen LogP contribution in [0.5, 0.6) is 0 Å². The van der Waals surface area contributed by atoms with E-state index in [2.05, 4.69) is 16.2 Å². The molecule has 0 saturated heterocycles. The van der Waals surface area contributed by atoms with Crippen molar-refractivity contribution in [3.05, 3.63) is 58.9 Å². The third-order valence-electron chi connectivity index (χ3n) is 2.84. The maximum Gasteiger partial charge on any atom is 0.337 e. The Morgan fingerprint density at radius 3 is 2.67 bits per heavy atom. The summed E-state index contributed by atoms with van der Waals surface area (Å²) >= 11 is 0. The summed E-state index contributed by atoms with van der Waals surface area (Å²) in [5.74, 6) is 0.975. The Morgan fingerprint density at radius 1 is 1.29 bits per heavy atom. The number of aryl methyl sites for hydroxylation is 1. The van der Waals surface area contributed by atoms with Crippen LogP contribution in [0.2, 0.25) is 0 Å². The zero-order chi connectivity index (χ0) is 15.4. The van der Waals surface area contributed by atoms with E-state index in [0.717, 1.165) is 0 Å². The highest BCUT2D eigenvalue weighted by atomic mass is 16.4. The van der Waals surface area contributed by atoms with E-state index in [9.17, 15) is 9.59 Å². The lowest BCUT2D eigenvalue weighted by atomic mass is 10.1. The third-order valence-corrected chi connectivity index (χ3v) is 2.84. The molecule has 0 bridgehead atoms. The van der Waals surface area contributed by atoms with Crippen molar-refractivity contribution in [3.8, 4) is 12.3 Å². The molecular formula is C16H12N2O3. The van der Waals surface area contributed by atoms with E-state index >= 15 is 0 Å². The lowest BCUT2D eigenvalue weighted by Gasteiger charge is -2.07. The van der Waals surface area contributed by atoms with Gasteiger partial charge in [-0.3, -0.25) is 4.79 Å². The second kappa shape index (κ2) is 5.88. The zero-order valence-corrected chi connectivity index (χ0v) is 11.3. The number of amides is 1. The SMILES string of the molecule is C#Cc1cccc(NC(=O)c2ccc(C(=O)O)c(C)n2)c1. The minimum absolute atomic E-state index is 0.0703. The first-order valence-corrected chi connectivity index (χ1v) is 6.10. The number of aromatic nitrogens is 1. The number of pyridine rings is 1. The molecule has 1 amide bonds. The normalized spacial score (nSPS) is 9.71. The van der Waals surface area contributed by atoms with E-state index in [1.54, 1.807) is 31.2 Å². The standard InChI is InChI=1S/C16H12N2O3/c1-3-11-5-4-6-12(9-11)18-15(19)14-8-7-13(16(20)21)10(2)17-14/h1,4-9H,2H3,(H,18,19)(H,20,21). The summed E-state index contributed by atoms with van der Waals surface area (Å²) in [4.78, 5) is 27.0. The Hall–Kier alpha value is -3.13. The van der Waals surface area contributed by atoms with Crippen molar-refractivity contribution in [2.24, 2.45) is 0 Å². The maximum absolute atomic E-state index is 12.1. The molecule has 1 heterocycles. The van der Waals surface area contributed by atoms with Gasteiger partial charge in [-0.2, -0.15) is 0 Å². The van der Waals surface area contributed by atoms with E-state index in [-0.39, 0.29) is 17.0 Å². The fourth-order valence-corrected chi connectivity index (χ4v) is 1.80. The van der Waals surface area contributed by atoms with Crippen LogP contribution in [0.25, 0.3) is 0 Å². The van der Waals surface area contributed by atoms with Gasteiger partial charge in [-0.05, 0) is 37.3 Å². The number of nitrogens with one attached hydrogen (secondary N) is 1. The van der Waals surface area contributed by atoms with Crippen molar-refractivity contribution in [1.29, 1.82) is 0 Å². The third kappa shape index (κ3) is 3.25. The molecule has 2 aromatic rings. The van der Waals surface area contributed by atoms with E-state index in [1.165, 1.54) is 12.1 Å². The van der Waals surface area contributed by atoms with Gasteiger partial charge in [0, 0.05) is 11.3 Å². The van der Waals surface area contributed by atoms with Crippen LogP contribution in [-0.4, -0.2) is 22.0 Å². The van der Waals surface area contributed by atoms with Crippen LogP contribution in [0.3, 0.4) is 0 Å². The van der Waals surface area contributed by atoms with Crippen LogP contribution in [0.15, 0.2) is 36.4 Å². The summed E-state index contributed by atoms with van der Waals surface area (Å²) in [5, 5.41) is 11.6. The van der Waals surface area contributed by atoms with E-state index < -0.39 is 11.9 Å². The molecular weight excluding hydrogens is 268 g/mol. The van der Waals surface area contributed by atoms with Crippen LogP contribution in [0, 0.1) is 19.3 Å². The fourth-order valence-electron chi connectivity index (χ4n) is 1.80. The zero-order valence-electron chi connectivity index (χ0n) is 11.3. The molecule has 0 aliphatic carbocycles. The predicted molar refractivity (Wildman–Crippen MR) is 78.3 cm³/mol. The van der Waals surface area contributed by atoms with Gasteiger partial charge in [0.15, 0.2) is 0 Å². The highest BCUT2D eigenvalue weighted by Gasteiger charge is 2.13. The number of carbonyl (C=O) groups is 2. The molecule has 1 aromatic carbocycles. The molecule has 1 aromatic heterocycles. The average Bonchev–Trinajstić information content (AvgIpc) is 2.46.